The largest absolute Gasteiger partial charge is 0.331 e. The lowest BCUT2D eigenvalue weighted by molar-refractivity contribution is 0.397. The van der Waals surface area contributed by atoms with Gasteiger partial charge < -0.3 is 9.88 Å². The summed E-state index contributed by atoms with van der Waals surface area (Å²) in [5.74, 6) is 0.771. The van der Waals surface area contributed by atoms with Crippen LogP contribution in [0.2, 0.25) is 0 Å². The first kappa shape index (κ1) is 15.3. The number of rotatable bonds is 7. The van der Waals surface area contributed by atoms with Gasteiger partial charge in [0.2, 0.25) is 0 Å². The minimum Gasteiger partial charge on any atom is -0.331 e. The zero-order valence-electron chi connectivity index (χ0n) is 13.1. The van der Waals surface area contributed by atoms with E-state index in [0.29, 0.717) is 0 Å². The molecule has 1 aliphatic carbocycles. The van der Waals surface area contributed by atoms with E-state index in [1.165, 1.54) is 37.8 Å². The highest BCUT2D eigenvalue weighted by Gasteiger charge is 2.18. The van der Waals surface area contributed by atoms with E-state index in [0.717, 1.165) is 32.0 Å². The van der Waals surface area contributed by atoms with Gasteiger partial charge in [-0.15, -0.1) is 0 Å². The smallest absolute Gasteiger partial charge is 0.0950 e. The maximum absolute atomic E-state index is 4.32. The van der Waals surface area contributed by atoms with E-state index in [-0.39, 0.29) is 0 Å². The molecule has 0 spiro atoms. The molecule has 20 heavy (non-hydrogen) atoms. The van der Waals surface area contributed by atoms with Crippen LogP contribution < -0.4 is 5.32 Å². The van der Waals surface area contributed by atoms with Crippen LogP contribution in [0.25, 0.3) is 6.08 Å². The number of nitrogens with zero attached hydrogens (tertiary/aromatic N) is 2. The maximum atomic E-state index is 4.32. The highest BCUT2D eigenvalue weighted by molar-refractivity contribution is 5.50. The summed E-state index contributed by atoms with van der Waals surface area (Å²) in [5.41, 5.74) is 2.84. The normalized spacial score (nSPS) is 17.6. The molecule has 0 radical (unpaired) electrons. The number of imidazole rings is 1. The second kappa shape index (κ2) is 8.25. The molecule has 3 heteroatoms. The average molecular weight is 275 g/mol. The molecule has 1 fully saturated rings. The number of likely N-dealkylation sites (N-methyl/N-ethyl adjacent to an activating group) is 1. The number of hydrogen-bond donors (Lipinski definition) is 1. The standard InChI is InChI=1S/C17H29N3/c1-3-10-20-14-19-13-17(20)11-16(12-18-4-2)15-8-6-5-7-9-15/h11,13-15,18H,3-10,12H2,1-2H3/b16-11-. The first-order valence-electron chi connectivity index (χ1n) is 8.26. The van der Waals surface area contributed by atoms with Crippen LogP contribution in [0.1, 0.15) is 58.1 Å². The molecule has 0 unspecified atom stereocenters. The van der Waals surface area contributed by atoms with Crippen molar-refractivity contribution in [1.82, 2.24) is 14.9 Å². The molecule has 0 bridgehead atoms. The summed E-state index contributed by atoms with van der Waals surface area (Å²) in [7, 11) is 0. The van der Waals surface area contributed by atoms with Crippen molar-refractivity contribution >= 4 is 6.08 Å². The van der Waals surface area contributed by atoms with Crippen LogP contribution in [0.5, 0.6) is 0 Å². The molecule has 1 aromatic heterocycles. The number of hydrogen-bond acceptors (Lipinski definition) is 2. The average Bonchev–Trinajstić information content (AvgIpc) is 2.92. The van der Waals surface area contributed by atoms with Gasteiger partial charge in [0.15, 0.2) is 0 Å². The van der Waals surface area contributed by atoms with Crippen molar-refractivity contribution in [2.45, 2.75) is 58.9 Å². The zero-order valence-corrected chi connectivity index (χ0v) is 13.1. The highest BCUT2D eigenvalue weighted by atomic mass is 15.0. The van der Waals surface area contributed by atoms with Crippen LogP contribution >= 0.6 is 0 Å². The second-order valence-electron chi connectivity index (χ2n) is 5.85. The van der Waals surface area contributed by atoms with Crippen molar-refractivity contribution in [1.29, 1.82) is 0 Å². The fraction of sp³-hybridized carbons (Fsp3) is 0.706. The summed E-state index contributed by atoms with van der Waals surface area (Å²) in [6.07, 6.45) is 14.4. The van der Waals surface area contributed by atoms with Crippen LogP contribution in [-0.2, 0) is 6.54 Å². The van der Waals surface area contributed by atoms with Crippen LogP contribution in [-0.4, -0.2) is 22.6 Å². The zero-order chi connectivity index (χ0) is 14.2. The van der Waals surface area contributed by atoms with Crippen molar-refractivity contribution in [3.63, 3.8) is 0 Å². The van der Waals surface area contributed by atoms with Crippen LogP contribution in [0.4, 0.5) is 0 Å². The van der Waals surface area contributed by atoms with E-state index in [1.54, 1.807) is 5.57 Å². The van der Waals surface area contributed by atoms with Crippen molar-refractivity contribution < 1.29 is 0 Å². The summed E-state index contributed by atoms with van der Waals surface area (Å²) in [4.78, 5) is 4.32. The fourth-order valence-corrected chi connectivity index (χ4v) is 3.12. The Morgan fingerprint density at radius 3 is 2.85 bits per heavy atom. The molecule has 0 atom stereocenters. The van der Waals surface area contributed by atoms with E-state index in [2.05, 4.69) is 34.8 Å². The van der Waals surface area contributed by atoms with Gasteiger partial charge in [-0.2, -0.15) is 0 Å². The third kappa shape index (κ3) is 4.20. The summed E-state index contributed by atoms with van der Waals surface area (Å²) < 4.78 is 2.27. The minimum absolute atomic E-state index is 0.771. The number of aromatic nitrogens is 2. The minimum atomic E-state index is 0.771. The van der Waals surface area contributed by atoms with E-state index in [9.17, 15) is 0 Å². The van der Waals surface area contributed by atoms with Gasteiger partial charge in [0, 0.05) is 13.1 Å². The lowest BCUT2D eigenvalue weighted by Gasteiger charge is -2.25. The second-order valence-corrected chi connectivity index (χ2v) is 5.85. The number of aryl methyl sites for hydroxylation is 1. The Labute approximate surface area is 123 Å². The Balaban J connectivity index is 2.15. The topological polar surface area (TPSA) is 29.9 Å². The van der Waals surface area contributed by atoms with Gasteiger partial charge in [-0.05, 0) is 37.8 Å². The van der Waals surface area contributed by atoms with E-state index in [4.69, 9.17) is 0 Å². The lowest BCUT2D eigenvalue weighted by atomic mass is 9.83. The van der Waals surface area contributed by atoms with Gasteiger partial charge in [0.1, 0.15) is 0 Å². The molecular weight excluding hydrogens is 246 g/mol. The molecule has 0 saturated heterocycles. The van der Waals surface area contributed by atoms with Gasteiger partial charge >= 0.3 is 0 Å². The van der Waals surface area contributed by atoms with Crippen LogP contribution in [0.15, 0.2) is 18.1 Å². The molecule has 112 valence electrons. The quantitative estimate of drug-likeness (QED) is 0.818. The van der Waals surface area contributed by atoms with E-state index >= 15 is 0 Å². The van der Waals surface area contributed by atoms with E-state index in [1.807, 2.05) is 12.5 Å². The van der Waals surface area contributed by atoms with Gasteiger partial charge in [-0.25, -0.2) is 4.98 Å². The molecule has 2 rings (SSSR count). The fourth-order valence-electron chi connectivity index (χ4n) is 3.12. The first-order chi connectivity index (χ1) is 9.85. The van der Waals surface area contributed by atoms with Gasteiger partial charge in [-0.1, -0.05) is 38.7 Å². The van der Waals surface area contributed by atoms with Crippen LogP contribution in [0.3, 0.4) is 0 Å². The molecule has 1 aromatic rings. The molecule has 0 aromatic carbocycles. The molecule has 0 aliphatic heterocycles. The summed E-state index contributed by atoms with van der Waals surface area (Å²) in [5, 5.41) is 3.51. The molecule has 1 N–H and O–H groups in total. The predicted octanol–water partition coefficient (Wildman–Crippen LogP) is 3.87. The predicted molar refractivity (Wildman–Crippen MR) is 85.6 cm³/mol. The molecule has 1 aliphatic rings. The molecule has 3 nitrogen and oxygen atoms in total. The third-order valence-electron chi connectivity index (χ3n) is 4.25. The monoisotopic (exact) mass is 275 g/mol. The van der Waals surface area contributed by atoms with Crippen molar-refractivity contribution in [2.75, 3.05) is 13.1 Å². The highest BCUT2D eigenvalue weighted by Crippen LogP contribution is 2.30. The lowest BCUT2D eigenvalue weighted by Crippen LogP contribution is -2.22. The van der Waals surface area contributed by atoms with Gasteiger partial charge in [-0.3, -0.25) is 0 Å². The van der Waals surface area contributed by atoms with Gasteiger partial charge in [0.05, 0.1) is 18.2 Å². The maximum Gasteiger partial charge on any atom is 0.0950 e. The Bertz CT molecular complexity index is 414. The van der Waals surface area contributed by atoms with Crippen molar-refractivity contribution in [2.24, 2.45) is 5.92 Å². The van der Waals surface area contributed by atoms with E-state index < -0.39 is 0 Å². The number of nitrogens with one attached hydrogen (secondary N) is 1. The molecule has 1 saturated carbocycles. The molecular formula is C17H29N3. The Morgan fingerprint density at radius 1 is 1.35 bits per heavy atom. The molecule has 0 amide bonds. The Morgan fingerprint density at radius 2 is 2.15 bits per heavy atom. The summed E-state index contributed by atoms with van der Waals surface area (Å²) >= 11 is 0. The van der Waals surface area contributed by atoms with Crippen molar-refractivity contribution in [3.8, 4) is 0 Å². The first-order valence-corrected chi connectivity index (χ1v) is 8.26. The summed E-state index contributed by atoms with van der Waals surface area (Å²) in [6, 6.07) is 0. The molecule has 1 heterocycles. The Hall–Kier alpha value is -1.09. The summed E-state index contributed by atoms with van der Waals surface area (Å²) in [6.45, 7) is 7.52. The van der Waals surface area contributed by atoms with Crippen molar-refractivity contribution in [3.05, 3.63) is 23.8 Å². The van der Waals surface area contributed by atoms with Gasteiger partial charge in [0.25, 0.3) is 0 Å². The third-order valence-corrected chi connectivity index (χ3v) is 4.25. The Kier molecular flexibility index (Phi) is 6.31. The van der Waals surface area contributed by atoms with Crippen LogP contribution in [0, 0.1) is 5.92 Å². The SMILES string of the molecule is CCCn1cncc1/C=C(/CNCC)C1CCCCC1.